The van der Waals surface area contributed by atoms with Gasteiger partial charge in [-0.2, -0.15) is 0 Å². The number of hydrogen-bond acceptors (Lipinski definition) is 3. The molecule has 5 rings (SSSR count). The van der Waals surface area contributed by atoms with Crippen LogP contribution >= 0.6 is 0 Å². The minimum absolute atomic E-state index is 0.257. The Labute approximate surface area is 184 Å². The van der Waals surface area contributed by atoms with Crippen LogP contribution in [-0.2, 0) is 19.3 Å². The highest BCUT2D eigenvalue weighted by molar-refractivity contribution is 6.23. The third-order valence-electron chi connectivity index (χ3n) is 6.92. The van der Waals surface area contributed by atoms with E-state index in [4.69, 9.17) is 9.47 Å². The number of carbonyl (C=O) groups excluding carboxylic acids is 1. The third kappa shape index (κ3) is 2.75. The number of Topliss-reactive ketones (excluding diaryl/α,β-unsaturated/α-hetero) is 1. The predicted octanol–water partition coefficient (Wildman–Crippen LogP) is 6.93. The minimum Gasteiger partial charge on any atom is -0.496 e. The summed E-state index contributed by atoms with van der Waals surface area (Å²) in [7, 11) is 3.52. The summed E-state index contributed by atoms with van der Waals surface area (Å²) in [5.41, 5.74) is 9.29. The second-order valence-corrected chi connectivity index (χ2v) is 8.74. The number of aryl methyl sites for hydroxylation is 1. The molecule has 3 nitrogen and oxygen atoms in total. The second-order valence-electron chi connectivity index (χ2n) is 8.74. The van der Waals surface area contributed by atoms with Gasteiger partial charge in [0.1, 0.15) is 11.5 Å². The molecule has 0 amide bonds. The standard InChI is InChI=1S/C28H30O3/c1-5-9-16-15-21-23-17(11-7-12-19(23)27(16)30-3)24-18(10-6-2)28(31-4)20-13-8-14-22(29)25(20)26(21)24/h7,11-12,15H,5-6,8-10,13-14H2,1-4H3. The van der Waals surface area contributed by atoms with Crippen molar-refractivity contribution in [2.75, 3.05) is 14.2 Å². The topological polar surface area (TPSA) is 35.5 Å². The molecule has 0 unspecified atom stereocenters. The van der Waals surface area contributed by atoms with Crippen molar-refractivity contribution >= 4 is 16.6 Å². The van der Waals surface area contributed by atoms with Gasteiger partial charge in [-0.15, -0.1) is 0 Å². The molecule has 0 aromatic heterocycles. The number of rotatable bonds is 6. The average Bonchev–Trinajstić information content (AvgIpc) is 3.10. The van der Waals surface area contributed by atoms with Gasteiger partial charge < -0.3 is 9.47 Å². The lowest BCUT2D eigenvalue weighted by Crippen LogP contribution is -2.16. The fraction of sp³-hybridized carbons (Fsp3) is 0.393. The summed E-state index contributed by atoms with van der Waals surface area (Å²) in [5.74, 6) is 2.17. The van der Waals surface area contributed by atoms with Crippen molar-refractivity contribution in [3.8, 4) is 33.8 Å². The molecule has 3 aromatic carbocycles. The first-order chi connectivity index (χ1) is 15.2. The fourth-order valence-corrected chi connectivity index (χ4v) is 5.85. The van der Waals surface area contributed by atoms with Gasteiger partial charge in [-0.1, -0.05) is 44.9 Å². The normalized spacial score (nSPS) is 14.0. The molecular formula is C28H30O3. The Morgan fingerprint density at radius 1 is 0.871 bits per heavy atom. The van der Waals surface area contributed by atoms with Crippen LogP contribution < -0.4 is 9.47 Å². The lowest BCUT2D eigenvalue weighted by Gasteiger charge is -2.25. The lowest BCUT2D eigenvalue weighted by molar-refractivity contribution is 0.0972. The molecular weight excluding hydrogens is 384 g/mol. The maximum absolute atomic E-state index is 13.3. The van der Waals surface area contributed by atoms with Crippen LogP contribution in [0.3, 0.4) is 0 Å². The monoisotopic (exact) mass is 414 g/mol. The number of ether oxygens (including phenoxy) is 2. The van der Waals surface area contributed by atoms with E-state index in [0.29, 0.717) is 6.42 Å². The van der Waals surface area contributed by atoms with Crippen molar-refractivity contribution < 1.29 is 14.3 Å². The molecule has 0 atom stereocenters. The Bertz CT molecular complexity index is 1220. The summed E-state index contributed by atoms with van der Waals surface area (Å²) in [4.78, 5) is 13.3. The van der Waals surface area contributed by atoms with E-state index < -0.39 is 0 Å². The van der Waals surface area contributed by atoms with Crippen molar-refractivity contribution in [1.29, 1.82) is 0 Å². The van der Waals surface area contributed by atoms with Crippen molar-refractivity contribution in [2.24, 2.45) is 0 Å². The van der Waals surface area contributed by atoms with Gasteiger partial charge in [0.25, 0.3) is 0 Å². The molecule has 0 saturated carbocycles. The zero-order chi connectivity index (χ0) is 21.7. The molecule has 2 aliphatic rings. The zero-order valence-corrected chi connectivity index (χ0v) is 19.0. The van der Waals surface area contributed by atoms with Crippen LogP contribution in [0.25, 0.3) is 33.0 Å². The highest BCUT2D eigenvalue weighted by atomic mass is 16.5. The highest BCUT2D eigenvalue weighted by Gasteiger charge is 2.36. The van der Waals surface area contributed by atoms with E-state index in [9.17, 15) is 4.79 Å². The van der Waals surface area contributed by atoms with Crippen LogP contribution in [0.2, 0.25) is 0 Å². The molecule has 3 aromatic rings. The molecule has 0 aliphatic heterocycles. The molecule has 0 heterocycles. The summed E-state index contributed by atoms with van der Waals surface area (Å²) in [6, 6.07) is 8.79. The van der Waals surface area contributed by atoms with E-state index in [-0.39, 0.29) is 5.78 Å². The molecule has 2 aliphatic carbocycles. The van der Waals surface area contributed by atoms with Crippen molar-refractivity contribution in [1.82, 2.24) is 0 Å². The number of ketones is 1. The van der Waals surface area contributed by atoms with E-state index in [0.717, 1.165) is 72.1 Å². The smallest absolute Gasteiger partial charge is 0.163 e. The molecule has 3 heteroatoms. The van der Waals surface area contributed by atoms with Gasteiger partial charge in [0.05, 0.1) is 14.2 Å². The summed E-state index contributed by atoms with van der Waals surface area (Å²) in [6.07, 6.45) is 6.41. The Balaban J connectivity index is 1.98. The Morgan fingerprint density at radius 3 is 2.35 bits per heavy atom. The van der Waals surface area contributed by atoms with Gasteiger partial charge in [0.2, 0.25) is 0 Å². The molecule has 0 N–H and O–H groups in total. The van der Waals surface area contributed by atoms with Crippen LogP contribution in [0.1, 0.15) is 66.6 Å². The van der Waals surface area contributed by atoms with Gasteiger partial charge in [-0.05, 0) is 54.0 Å². The largest absolute Gasteiger partial charge is 0.496 e. The number of benzene rings is 3. The van der Waals surface area contributed by atoms with Crippen molar-refractivity contribution in [3.05, 3.63) is 46.5 Å². The first-order valence-electron chi connectivity index (χ1n) is 11.6. The molecule has 0 radical (unpaired) electrons. The molecule has 160 valence electrons. The summed E-state index contributed by atoms with van der Waals surface area (Å²) >= 11 is 0. The minimum atomic E-state index is 0.257. The van der Waals surface area contributed by atoms with Gasteiger partial charge in [-0.25, -0.2) is 0 Å². The Hall–Kier alpha value is -2.81. The summed E-state index contributed by atoms with van der Waals surface area (Å²) in [6.45, 7) is 4.41. The molecule has 31 heavy (non-hydrogen) atoms. The van der Waals surface area contributed by atoms with E-state index in [1.165, 1.54) is 33.2 Å². The van der Waals surface area contributed by atoms with Crippen molar-refractivity contribution in [3.63, 3.8) is 0 Å². The van der Waals surface area contributed by atoms with Gasteiger partial charge in [0, 0.05) is 39.4 Å². The first-order valence-corrected chi connectivity index (χ1v) is 11.6. The van der Waals surface area contributed by atoms with Crippen LogP contribution in [-0.4, -0.2) is 20.0 Å². The number of hydrogen-bond donors (Lipinski definition) is 0. The highest BCUT2D eigenvalue weighted by Crippen LogP contribution is 2.57. The van der Waals surface area contributed by atoms with Crippen molar-refractivity contribution in [2.45, 2.75) is 58.8 Å². The number of methoxy groups -OCH3 is 2. The van der Waals surface area contributed by atoms with Crippen LogP contribution in [0.5, 0.6) is 11.5 Å². The van der Waals surface area contributed by atoms with Crippen LogP contribution in [0.15, 0.2) is 24.3 Å². The quantitative estimate of drug-likeness (QED) is 0.343. The Morgan fingerprint density at radius 2 is 1.65 bits per heavy atom. The first kappa shape index (κ1) is 20.1. The van der Waals surface area contributed by atoms with E-state index >= 15 is 0 Å². The summed E-state index contributed by atoms with van der Waals surface area (Å²) in [5, 5.41) is 2.37. The molecule has 0 bridgehead atoms. The van der Waals surface area contributed by atoms with Crippen LogP contribution in [0, 0.1) is 0 Å². The predicted molar refractivity (Wildman–Crippen MR) is 127 cm³/mol. The van der Waals surface area contributed by atoms with Gasteiger partial charge in [0.15, 0.2) is 5.78 Å². The average molecular weight is 415 g/mol. The third-order valence-corrected chi connectivity index (χ3v) is 6.92. The number of fused-ring (bicyclic) bond motifs is 5. The maximum Gasteiger partial charge on any atom is 0.163 e. The second kappa shape index (κ2) is 7.71. The Kier molecular flexibility index (Phi) is 5.00. The van der Waals surface area contributed by atoms with Crippen LogP contribution in [0.4, 0.5) is 0 Å². The fourth-order valence-electron chi connectivity index (χ4n) is 5.85. The van der Waals surface area contributed by atoms with E-state index in [1.807, 2.05) is 0 Å². The van der Waals surface area contributed by atoms with E-state index in [2.05, 4.69) is 38.1 Å². The lowest BCUT2D eigenvalue weighted by atomic mass is 9.80. The summed E-state index contributed by atoms with van der Waals surface area (Å²) < 4.78 is 11.9. The van der Waals surface area contributed by atoms with Gasteiger partial charge in [-0.3, -0.25) is 4.79 Å². The van der Waals surface area contributed by atoms with E-state index in [1.54, 1.807) is 14.2 Å². The maximum atomic E-state index is 13.3. The SMILES string of the molecule is CCCc1cc2c3c(cccc3c1OC)-c1c(CCC)c(OC)c3c(c1-2)C(=O)CCC3. The molecule has 0 fully saturated rings. The van der Waals surface area contributed by atoms with Gasteiger partial charge >= 0.3 is 0 Å². The number of carbonyl (C=O) groups is 1. The molecule has 0 spiro atoms. The zero-order valence-electron chi connectivity index (χ0n) is 19.0. The molecule has 0 saturated heterocycles.